The third-order valence-corrected chi connectivity index (χ3v) is 5.90. The fourth-order valence-corrected chi connectivity index (χ4v) is 4.03. The minimum absolute atomic E-state index is 0.0660. The van der Waals surface area contributed by atoms with Crippen LogP contribution in [0.4, 0.5) is 4.39 Å². The van der Waals surface area contributed by atoms with Crippen LogP contribution in [-0.2, 0) is 0 Å². The van der Waals surface area contributed by atoms with Crippen molar-refractivity contribution in [1.82, 2.24) is 19.1 Å². The largest absolute Gasteiger partial charge is 0.495 e. The smallest absolute Gasteiger partial charge is 0.203 e. The Hall–Kier alpha value is -3.91. The van der Waals surface area contributed by atoms with Crippen LogP contribution in [0.15, 0.2) is 60.0 Å². The van der Waals surface area contributed by atoms with E-state index in [2.05, 4.69) is 21.5 Å². The standard InChI is InChI=1S/C27H30FN5O2/c1-18-16-32(17-30-18)25-11-6-21(15-26(25)35-4)14-24-20(3)33(27(31-24)29-12-5-13-34)19(2)22-7-9-23(28)10-8-22/h6-11,14-17,19,34H,3,5,12-13H2,1-2,4H3,(H,29,31)/b24-14-/t19-/m0/s1. The molecule has 0 radical (unpaired) electrons. The molecule has 7 nitrogen and oxygen atoms in total. The second-order valence-electron chi connectivity index (χ2n) is 8.36. The third-order valence-electron chi connectivity index (χ3n) is 5.90. The third kappa shape index (κ3) is 5.27. The van der Waals surface area contributed by atoms with Crippen molar-refractivity contribution in [1.29, 1.82) is 0 Å². The Kier molecular flexibility index (Phi) is 7.31. The summed E-state index contributed by atoms with van der Waals surface area (Å²) in [5.41, 5.74) is 4.33. The zero-order valence-corrected chi connectivity index (χ0v) is 20.2. The second kappa shape index (κ2) is 10.6. The van der Waals surface area contributed by atoms with Crippen molar-refractivity contribution >= 4 is 12.7 Å². The first-order valence-corrected chi connectivity index (χ1v) is 11.5. The molecule has 4 rings (SSSR count). The van der Waals surface area contributed by atoms with Crippen molar-refractivity contribution < 1.29 is 14.2 Å². The van der Waals surface area contributed by atoms with Gasteiger partial charge in [-0.2, -0.15) is 0 Å². The predicted octanol–water partition coefficient (Wildman–Crippen LogP) is 2.59. The summed E-state index contributed by atoms with van der Waals surface area (Å²) in [5, 5.41) is 10.7. The minimum Gasteiger partial charge on any atom is -0.495 e. The highest BCUT2D eigenvalue weighted by molar-refractivity contribution is 5.58. The first-order valence-electron chi connectivity index (χ1n) is 11.5. The van der Waals surface area contributed by atoms with Gasteiger partial charge in [-0.05, 0) is 61.7 Å². The number of rotatable bonds is 8. The van der Waals surface area contributed by atoms with Gasteiger partial charge in [-0.1, -0.05) is 24.8 Å². The lowest BCUT2D eigenvalue weighted by atomic mass is 10.1. The molecule has 0 saturated heterocycles. The average molecular weight is 476 g/mol. The van der Waals surface area contributed by atoms with Crippen molar-refractivity contribution in [3.05, 3.63) is 93.9 Å². The maximum Gasteiger partial charge on any atom is 0.203 e. The number of aliphatic hydroxyl groups is 1. The molecule has 2 aromatic heterocycles. The summed E-state index contributed by atoms with van der Waals surface area (Å²) in [5.74, 6) is 0.439. The number of imidazole rings is 2. The van der Waals surface area contributed by atoms with Crippen molar-refractivity contribution in [2.24, 2.45) is 4.99 Å². The number of aromatic amines is 1. The number of aryl methyl sites for hydroxylation is 1. The van der Waals surface area contributed by atoms with Gasteiger partial charge in [-0.25, -0.2) is 9.37 Å². The van der Waals surface area contributed by atoms with Crippen LogP contribution in [-0.4, -0.2) is 44.5 Å². The summed E-state index contributed by atoms with van der Waals surface area (Å²) in [6.07, 6.45) is 6.25. The molecule has 0 spiro atoms. The van der Waals surface area contributed by atoms with Gasteiger partial charge in [0, 0.05) is 19.3 Å². The van der Waals surface area contributed by atoms with Gasteiger partial charge in [-0.15, -0.1) is 0 Å². The zero-order valence-electron chi connectivity index (χ0n) is 20.2. The van der Waals surface area contributed by atoms with Crippen molar-refractivity contribution in [2.45, 2.75) is 26.3 Å². The van der Waals surface area contributed by atoms with E-state index in [1.807, 2.05) is 53.5 Å². The lowest BCUT2D eigenvalue weighted by molar-refractivity contribution is 0.290. The number of aliphatic hydroxyl groups excluding tert-OH is 1. The first kappa shape index (κ1) is 24.2. The Labute approximate surface area is 203 Å². The minimum atomic E-state index is -0.278. The van der Waals surface area contributed by atoms with E-state index in [9.17, 15) is 9.50 Å². The molecule has 0 bridgehead atoms. The lowest BCUT2D eigenvalue weighted by Crippen LogP contribution is -2.34. The monoisotopic (exact) mass is 475 g/mol. The molecule has 0 unspecified atom stereocenters. The van der Waals surface area contributed by atoms with E-state index in [-0.39, 0.29) is 18.5 Å². The van der Waals surface area contributed by atoms with E-state index in [4.69, 9.17) is 4.74 Å². The summed E-state index contributed by atoms with van der Waals surface area (Å²) < 4.78 is 23.0. The SMILES string of the molecule is C=c1/c(=C/c2ccc(-n3cnc(C)c3)c(OC)c2)[nH]/c(=N\CCCO)n1[C@@H](C)c1ccc(F)cc1. The van der Waals surface area contributed by atoms with Gasteiger partial charge in [0.1, 0.15) is 11.6 Å². The lowest BCUT2D eigenvalue weighted by Gasteiger charge is -2.14. The van der Waals surface area contributed by atoms with Crippen LogP contribution >= 0.6 is 0 Å². The second-order valence-corrected chi connectivity index (χ2v) is 8.36. The van der Waals surface area contributed by atoms with Crippen LogP contribution in [0.2, 0.25) is 0 Å². The van der Waals surface area contributed by atoms with Crippen LogP contribution in [0.25, 0.3) is 18.3 Å². The summed E-state index contributed by atoms with van der Waals surface area (Å²) in [6, 6.07) is 12.3. The maximum absolute atomic E-state index is 13.5. The molecular formula is C27H30FN5O2. The van der Waals surface area contributed by atoms with Crippen LogP contribution in [0.1, 0.15) is 36.2 Å². The average Bonchev–Trinajstić information content (AvgIpc) is 3.42. The molecule has 2 heterocycles. The van der Waals surface area contributed by atoms with E-state index >= 15 is 0 Å². The van der Waals surface area contributed by atoms with Crippen LogP contribution < -0.4 is 21.1 Å². The summed E-state index contributed by atoms with van der Waals surface area (Å²) in [6.45, 7) is 8.82. The Morgan fingerprint density at radius 1 is 1.26 bits per heavy atom. The molecule has 0 saturated carbocycles. The number of methoxy groups -OCH3 is 1. The number of benzene rings is 2. The molecule has 0 aliphatic heterocycles. The number of hydrogen-bond acceptors (Lipinski definition) is 4. The predicted molar refractivity (Wildman–Crippen MR) is 134 cm³/mol. The Balaban J connectivity index is 1.80. The summed E-state index contributed by atoms with van der Waals surface area (Å²) in [4.78, 5) is 12.3. The number of aromatic nitrogens is 4. The van der Waals surface area contributed by atoms with Crippen molar-refractivity contribution in [2.75, 3.05) is 20.3 Å². The topological polar surface area (TPSA) is 80.4 Å². The molecule has 182 valence electrons. The van der Waals surface area contributed by atoms with Gasteiger partial charge >= 0.3 is 0 Å². The van der Waals surface area contributed by atoms with Gasteiger partial charge in [-0.3, -0.25) is 4.99 Å². The number of halogens is 1. The summed E-state index contributed by atoms with van der Waals surface area (Å²) in [7, 11) is 1.64. The molecule has 4 aromatic rings. The van der Waals surface area contributed by atoms with Crippen LogP contribution in [0, 0.1) is 12.7 Å². The highest BCUT2D eigenvalue weighted by Gasteiger charge is 2.12. The molecule has 8 heteroatoms. The van der Waals surface area contributed by atoms with E-state index in [1.54, 1.807) is 25.6 Å². The maximum atomic E-state index is 13.5. The van der Waals surface area contributed by atoms with Gasteiger partial charge in [0.15, 0.2) is 0 Å². The molecule has 0 amide bonds. The first-order chi connectivity index (χ1) is 16.9. The molecule has 0 fully saturated rings. The number of nitrogens with zero attached hydrogens (tertiary/aromatic N) is 4. The molecule has 0 aliphatic rings. The molecule has 0 aliphatic carbocycles. The number of ether oxygens (including phenoxy) is 1. The summed E-state index contributed by atoms with van der Waals surface area (Å²) >= 11 is 0. The fraction of sp³-hybridized carbons (Fsp3) is 0.259. The molecule has 2 N–H and O–H groups in total. The van der Waals surface area contributed by atoms with E-state index in [0.29, 0.717) is 24.3 Å². The van der Waals surface area contributed by atoms with Crippen molar-refractivity contribution in [3.8, 4) is 11.4 Å². The van der Waals surface area contributed by atoms with Gasteiger partial charge < -0.3 is 24.0 Å². The number of H-pyrrole nitrogens is 1. The number of hydrogen-bond donors (Lipinski definition) is 2. The Morgan fingerprint density at radius 3 is 2.69 bits per heavy atom. The molecule has 2 aromatic carbocycles. The molecular weight excluding hydrogens is 445 g/mol. The highest BCUT2D eigenvalue weighted by atomic mass is 19.1. The highest BCUT2D eigenvalue weighted by Crippen LogP contribution is 2.24. The van der Waals surface area contributed by atoms with Gasteiger partial charge in [0.25, 0.3) is 0 Å². The Bertz CT molecular complexity index is 1480. The zero-order chi connectivity index (χ0) is 24.9. The van der Waals surface area contributed by atoms with Crippen LogP contribution in [0.3, 0.4) is 0 Å². The number of nitrogens with one attached hydrogen (secondary N) is 1. The van der Waals surface area contributed by atoms with E-state index in [1.165, 1.54) is 12.1 Å². The molecule has 1 atom stereocenters. The van der Waals surface area contributed by atoms with Crippen molar-refractivity contribution in [3.63, 3.8) is 0 Å². The van der Waals surface area contributed by atoms with E-state index < -0.39 is 0 Å². The van der Waals surface area contributed by atoms with Gasteiger partial charge in [0.05, 0.1) is 41.6 Å². The quantitative estimate of drug-likeness (QED) is 0.385. The van der Waals surface area contributed by atoms with Gasteiger partial charge in [0.2, 0.25) is 5.62 Å². The Morgan fingerprint density at radius 2 is 2.03 bits per heavy atom. The van der Waals surface area contributed by atoms with E-state index in [0.717, 1.165) is 33.2 Å². The normalized spacial score (nSPS) is 13.4. The fourth-order valence-electron chi connectivity index (χ4n) is 4.03. The molecule has 35 heavy (non-hydrogen) atoms. The van der Waals surface area contributed by atoms with Crippen LogP contribution in [0.5, 0.6) is 5.75 Å².